The topological polar surface area (TPSA) is 46.2 Å². The van der Waals surface area contributed by atoms with Crippen molar-refractivity contribution in [1.29, 1.82) is 0 Å². The largest absolute Gasteiger partial charge is 0.279 e. The van der Waals surface area contributed by atoms with E-state index >= 15 is 0 Å². The summed E-state index contributed by atoms with van der Waals surface area (Å²) >= 11 is 1.28. The van der Waals surface area contributed by atoms with Gasteiger partial charge >= 0.3 is 0 Å². The molecule has 0 unspecified atom stereocenters. The third kappa shape index (κ3) is 3.84. The summed E-state index contributed by atoms with van der Waals surface area (Å²) in [4.78, 5) is 0.985. The van der Waals surface area contributed by atoms with Crippen LogP contribution >= 0.6 is 11.3 Å². The van der Waals surface area contributed by atoms with E-state index < -0.39 is 10.0 Å². The standard InChI is InChI=1S/C15H19NO2S2/c1-11(2)9-13-5-4-6-14(10-13)16-20(17,18)15-8-7-12(3)19-15/h4-8,10-11,16H,9H2,1-3H3. The lowest BCUT2D eigenvalue weighted by Crippen LogP contribution is -2.11. The second-order valence-corrected chi connectivity index (χ2v) is 8.47. The number of hydrogen-bond donors (Lipinski definition) is 1. The number of anilines is 1. The maximum atomic E-state index is 12.2. The Hall–Kier alpha value is -1.33. The Kier molecular flexibility index (Phi) is 4.50. The number of hydrogen-bond acceptors (Lipinski definition) is 3. The van der Waals surface area contributed by atoms with Crippen LogP contribution in [0.25, 0.3) is 0 Å². The smallest absolute Gasteiger partial charge is 0.271 e. The summed E-state index contributed by atoms with van der Waals surface area (Å²) in [5.41, 5.74) is 1.76. The van der Waals surface area contributed by atoms with Gasteiger partial charge in [-0.3, -0.25) is 4.72 Å². The summed E-state index contributed by atoms with van der Waals surface area (Å²) in [6.07, 6.45) is 0.938. The van der Waals surface area contributed by atoms with E-state index in [-0.39, 0.29) is 0 Å². The van der Waals surface area contributed by atoms with Gasteiger partial charge in [0.25, 0.3) is 10.0 Å². The Balaban J connectivity index is 2.21. The minimum atomic E-state index is -3.47. The van der Waals surface area contributed by atoms with Crippen molar-refractivity contribution in [2.75, 3.05) is 4.72 Å². The van der Waals surface area contributed by atoms with Crippen LogP contribution in [-0.2, 0) is 16.4 Å². The van der Waals surface area contributed by atoms with E-state index in [9.17, 15) is 8.42 Å². The second-order valence-electron chi connectivity index (χ2n) is 5.27. The molecule has 0 bridgehead atoms. The summed E-state index contributed by atoms with van der Waals surface area (Å²) < 4.78 is 27.5. The van der Waals surface area contributed by atoms with Crippen LogP contribution in [0.2, 0.25) is 0 Å². The number of sulfonamides is 1. The summed E-state index contributed by atoms with van der Waals surface area (Å²) in [5.74, 6) is 0.543. The molecular weight excluding hydrogens is 290 g/mol. The Morgan fingerprint density at radius 1 is 1.20 bits per heavy atom. The average Bonchev–Trinajstić information content (AvgIpc) is 2.75. The van der Waals surface area contributed by atoms with Crippen molar-refractivity contribution < 1.29 is 8.42 Å². The van der Waals surface area contributed by atoms with Crippen LogP contribution in [0.15, 0.2) is 40.6 Å². The summed E-state index contributed by atoms with van der Waals surface area (Å²) in [7, 11) is -3.47. The van der Waals surface area contributed by atoms with Crippen molar-refractivity contribution in [2.24, 2.45) is 5.92 Å². The molecule has 1 N–H and O–H groups in total. The molecule has 2 aromatic rings. The average molecular weight is 309 g/mol. The van der Waals surface area contributed by atoms with Crippen molar-refractivity contribution in [3.05, 3.63) is 46.8 Å². The van der Waals surface area contributed by atoms with E-state index in [1.54, 1.807) is 12.1 Å². The van der Waals surface area contributed by atoms with E-state index in [0.717, 1.165) is 16.9 Å². The first-order chi connectivity index (χ1) is 9.37. The highest BCUT2D eigenvalue weighted by molar-refractivity contribution is 7.94. The number of rotatable bonds is 5. The molecule has 0 fully saturated rings. The van der Waals surface area contributed by atoms with Gasteiger partial charge < -0.3 is 0 Å². The molecule has 0 radical (unpaired) electrons. The zero-order chi connectivity index (χ0) is 14.8. The molecule has 5 heteroatoms. The minimum absolute atomic E-state index is 0.351. The Morgan fingerprint density at radius 2 is 1.95 bits per heavy atom. The number of nitrogens with one attached hydrogen (secondary N) is 1. The van der Waals surface area contributed by atoms with E-state index in [2.05, 4.69) is 18.6 Å². The molecule has 0 saturated heterocycles. The highest BCUT2D eigenvalue weighted by atomic mass is 32.2. The van der Waals surface area contributed by atoms with Crippen molar-refractivity contribution in [3.63, 3.8) is 0 Å². The first-order valence-electron chi connectivity index (χ1n) is 6.55. The van der Waals surface area contributed by atoms with Crippen LogP contribution in [0.1, 0.15) is 24.3 Å². The van der Waals surface area contributed by atoms with Gasteiger partial charge in [-0.05, 0) is 49.1 Å². The molecule has 0 aliphatic carbocycles. The molecule has 0 spiro atoms. The lowest BCUT2D eigenvalue weighted by Gasteiger charge is -2.09. The maximum Gasteiger partial charge on any atom is 0.271 e. The van der Waals surface area contributed by atoms with Crippen molar-refractivity contribution in [2.45, 2.75) is 31.4 Å². The van der Waals surface area contributed by atoms with Crippen LogP contribution in [-0.4, -0.2) is 8.42 Å². The Labute approximate surface area is 124 Å². The molecule has 20 heavy (non-hydrogen) atoms. The third-order valence-corrected chi connectivity index (χ3v) is 5.68. The van der Waals surface area contributed by atoms with Crippen molar-refractivity contribution in [3.8, 4) is 0 Å². The molecule has 0 aliphatic rings. The molecule has 0 atom stereocenters. The molecular formula is C15H19NO2S2. The molecule has 1 heterocycles. The molecule has 3 nitrogen and oxygen atoms in total. The van der Waals surface area contributed by atoms with Crippen LogP contribution in [0.5, 0.6) is 0 Å². The van der Waals surface area contributed by atoms with Gasteiger partial charge in [0.2, 0.25) is 0 Å². The van der Waals surface area contributed by atoms with E-state index in [1.165, 1.54) is 11.3 Å². The zero-order valence-electron chi connectivity index (χ0n) is 11.9. The molecule has 0 amide bonds. The number of aryl methyl sites for hydroxylation is 1. The van der Waals surface area contributed by atoms with Crippen LogP contribution < -0.4 is 4.72 Å². The van der Waals surface area contributed by atoms with E-state index in [1.807, 2.05) is 31.2 Å². The summed E-state index contributed by atoms with van der Waals surface area (Å²) in [5, 5.41) is 0. The molecule has 0 aliphatic heterocycles. The molecule has 1 aromatic carbocycles. The van der Waals surface area contributed by atoms with Gasteiger partial charge in [-0.25, -0.2) is 8.42 Å². The first kappa shape index (κ1) is 15.1. The predicted molar refractivity (Wildman–Crippen MR) is 84.8 cm³/mol. The fourth-order valence-corrected chi connectivity index (χ4v) is 4.33. The number of benzene rings is 1. The quantitative estimate of drug-likeness (QED) is 0.905. The highest BCUT2D eigenvalue weighted by Gasteiger charge is 2.16. The zero-order valence-corrected chi connectivity index (χ0v) is 13.5. The summed E-state index contributed by atoms with van der Waals surface area (Å²) in [6, 6.07) is 11.0. The molecule has 1 aromatic heterocycles. The van der Waals surface area contributed by atoms with Gasteiger partial charge in [0.1, 0.15) is 4.21 Å². The van der Waals surface area contributed by atoms with Crippen molar-refractivity contribution in [1.82, 2.24) is 0 Å². The van der Waals surface area contributed by atoms with Gasteiger partial charge in [0.05, 0.1) is 0 Å². The molecule has 108 valence electrons. The predicted octanol–water partition coefficient (Wildman–Crippen LogP) is 4.06. The lowest BCUT2D eigenvalue weighted by molar-refractivity contribution is 0.603. The Bertz CT molecular complexity index is 687. The van der Waals surface area contributed by atoms with E-state index in [0.29, 0.717) is 15.8 Å². The number of thiophene rings is 1. The van der Waals surface area contributed by atoms with Crippen LogP contribution in [0.4, 0.5) is 5.69 Å². The van der Waals surface area contributed by atoms with Gasteiger partial charge in [-0.1, -0.05) is 26.0 Å². The second kappa shape index (κ2) is 5.97. The monoisotopic (exact) mass is 309 g/mol. The van der Waals surface area contributed by atoms with Gasteiger partial charge in [0, 0.05) is 10.6 Å². The SMILES string of the molecule is Cc1ccc(S(=O)(=O)Nc2cccc(CC(C)C)c2)s1. The molecule has 0 saturated carbocycles. The van der Waals surface area contributed by atoms with Crippen LogP contribution in [0.3, 0.4) is 0 Å². The maximum absolute atomic E-state index is 12.2. The minimum Gasteiger partial charge on any atom is -0.279 e. The highest BCUT2D eigenvalue weighted by Crippen LogP contribution is 2.24. The molecule has 2 rings (SSSR count). The third-order valence-electron chi connectivity index (χ3n) is 2.80. The fraction of sp³-hybridized carbons (Fsp3) is 0.333. The normalized spacial score (nSPS) is 11.8. The lowest BCUT2D eigenvalue weighted by atomic mass is 10.0. The van der Waals surface area contributed by atoms with E-state index in [4.69, 9.17) is 0 Å². The van der Waals surface area contributed by atoms with Crippen molar-refractivity contribution >= 4 is 27.0 Å². The first-order valence-corrected chi connectivity index (χ1v) is 8.85. The van der Waals surface area contributed by atoms with Gasteiger partial charge in [0.15, 0.2) is 0 Å². The van der Waals surface area contributed by atoms with Gasteiger partial charge in [-0.2, -0.15) is 0 Å². The van der Waals surface area contributed by atoms with Gasteiger partial charge in [-0.15, -0.1) is 11.3 Å². The van der Waals surface area contributed by atoms with Crippen LogP contribution in [0, 0.1) is 12.8 Å². The fourth-order valence-electron chi connectivity index (χ4n) is 2.00. The summed E-state index contributed by atoms with van der Waals surface area (Å²) in [6.45, 7) is 6.18. The Morgan fingerprint density at radius 3 is 2.55 bits per heavy atom.